The second-order valence-corrected chi connectivity index (χ2v) is 9.38. The largest absolute Gasteiger partial charge is 0.395 e. The standard InChI is InChI=1S/C29H36N4O3/c1-22(29(36-2)24-14-16-25(17-15-24)33-19-9-7-13-28(33)35)10-6-8-18-32-20-27(30-31-32)26(21-34)23-11-4-3-5-12-23/h3-6,10-12,14-17,20,22,26,29,34H,7-9,13,18-19,21H2,1-2H3/b10-6+/t22-,26?,29+/m1/s1. The van der Waals surface area contributed by atoms with Gasteiger partial charge in [-0.2, -0.15) is 0 Å². The lowest BCUT2D eigenvalue weighted by atomic mass is 9.96. The number of aliphatic hydroxyl groups excluding tert-OH is 1. The van der Waals surface area contributed by atoms with Crippen molar-refractivity contribution < 1.29 is 14.6 Å². The van der Waals surface area contributed by atoms with Crippen molar-refractivity contribution >= 4 is 11.6 Å². The monoisotopic (exact) mass is 488 g/mol. The van der Waals surface area contributed by atoms with Gasteiger partial charge >= 0.3 is 0 Å². The van der Waals surface area contributed by atoms with Crippen molar-refractivity contribution in [3.8, 4) is 0 Å². The molecule has 4 rings (SSSR count). The molecule has 190 valence electrons. The Morgan fingerprint density at radius 3 is 2.56 bits per heavy atom. The highest BCUT2D eigenvalue weighted by Gasteiger charge is 2.21. The van der Waals surface area contributed by atoms with E-state index in [1.54, 1.807) is 7.11 Å². The Kier molecular flexibility index (Phi) is 9.03. The Morgan fingerprint density at radius 2 is 1.86 bits per heavy atom. The maximum atomic E-state index is 12.2. The van der Waals surface area contributed by atoms with Gasteiger partial charge in [0.15, 0.2) is 0 Å². The Bertz CT molecular complexity index is 1130. The molecule has 7 nitrogen and oxygen atoms in total. The third-order valence-corrected chi connectivity index (χ3v) is 6.85. The molecule has 0 radical (unpaired) electrons. The van der Waals surface area contributed by atoms with E-state index in [1.165, 1.54) is 0 Å². The van der Waals surface area contributed by atoms with Crippen LogP contribution in [0.2, 0.25) is 0 Å². The molecule has 1 amide bonds. The number of amides is 1. The maximum Gasteiger partial charge on any atom is 0.226 e. The molecule has 1 aliphatic rings. The fraction of sp³-hybridized carbons (Fsp3) is 0.414. The van der Waals surface area contributed by atoms with Crippen LogP contribution in [0.4, 0.5) is 5.69 Å². The number of aliphatic hydroxyl groups is 1. The summed E-state index contributed by atoms with van der Waals surface area (Å²) in [6.45, 7) is 3.64. The van der Waals surface area contributed by atoms with E-state index in [-0.39, 0.29) is 30.5 Å². The molecule has 1 fully saturated rings. The summed E-state index contributed by atoms with van der Waals surface area (Å²) < 4.78 is 7.64. The first-order valence-electron chi connectivity index (χ1n) is 12.8. The van der Waals surface area contributed by atoms with E-state index in [4.69, 9.17) is 4.74 Å². The van der Waals surface area contributed by atoms with Crippen molar-refractivity contribution in [2.24, 2.45) is 5.92 Å². The Morgan fingerprint density at radius 1 is 1.08 bits per heavy atom. The maximum absolute atomic E-state index is 12.2. The molecule has 1 unspecified atom stereocenters. The van der Waals surface area contributed by atoms with Crippen LogP contribution in [0.5, 0.6) is 0 Å². The summed E-state index contributed by atoms with van der Waals surface area (Å²) in [6.07, 6.45) is 9.66. The molecule has 0 spiro atoms. The fourth-order valence-corrected chi connectivity index (χ4v) is 4.83. The van der Waals surface area contributed by atoms with Crippen LogP contribution >= 0.6 is 0 Å². The second kappa shape index (κ2) is 12.6. The van der Waals surface area contributed by atoms with Gasteiger partial charge in [-0.15, -0.1) is 5.10 Å². The number of piperidine rings is 1. The minimum Gasteiger partial charge on any atom is -0.395 e. The predicted molar refractivity (Wildman–Crippen MR) is 141 cm³/mol. The van der Waals surface area contributed by atoms with E-state index in [0.29, 0.717) is 13.0 Å². The zero-order valence-corrected chi connectivity index (χ0v) is 21.2. The summed E-state index contributed by atoms with van der Waals surface area (Å²) in [6, 6.07) is 18.1. The van der Waals surface area contributed by atoms with Crippen molar-refractivity contribution in [2.75, 3.05) is 25.2 Å². The van der Waals surface area contributed by atoms with Crippen molar-refractivity contribution in [1.29, 1.82) is 0 Å². The number of hydrogen-bond donors (Lipinski definition) is 1. The molecule has 0 saturated carbocycles. The summed E-state index contributed by atoms with van der Waals surface area (Å²) in [5.74, 6) is 0.220. The lowest BCUT2D eigenvalue weighted by molar-refractivity contribution is -0.119. The summed E-state index contributed by atoms with van der Waals surface area (Å²) in [5.41, 5.74) is 3.86. The van der Waals surface area contributed by atoms with Crippen LogP contribution in [0.25, 0.3) is 0 Å². The molecule has 3 atom stereocenters. The Balaban J connectivity index is 1.31. The number of rotatable bonds is 11. The van der Waals surface area contributed by atoms with Gasteiger partial charge in [-0.25, -0.2) is 0 Å². The van der Waals surface area contributed by atoms with Crippen LogP contribution < -0.4 is 4.90 Å². The molecule has 1 aromatic heterocycles. The minimum atomic E-state index is -0.169. The fourth-order valence-electron chi connectivity index (χ4n) is 4.83. The van der Waals surface area contributed by atoms with Crippen LogP contribution in [0.1, 0.15) is 61.4 Å². The molecule has 0 bridgehead atoms. The van der Waals surface area contributed by atoms with Gasteiger partial charge in [0, 0.05) is 44.4 Å². The highest BCUT2D eigenvalue weighted by atomic mass is 16.5. The number of benzene rings is 2. The van der Waals surface area contributed by atoms with Crippen LogP contribution in [-0.2, 0) is 16.1 Å². The smallest absolute Gasteiger partial charge is 0.226 e. The van der Waals surface area contributed by atoms with Crippen LogP contribution in [0.15, 0.2) is 72.9 Å². The van der Waals surface area contributed by atoms with Gasteiger partial charge in [-0.3, -0.25) is 9.48 Å². The van der Waals surface area contributed by atoms with Gasteiger partial charge in [-0.05, 0) is 42.5 Å². The molecule has 36 heavy (non-hydrogen) atoms. The molecular formula is C29H36N4O3. The van der Waals surface area contributed by atoms with Crippen LogP contribution in [0, 0.1) is 5.92 Å². The molecule has 1 saturated heterocycles. The van der Waals surface area contributed by atoms with E-state index in [9.17, 15) is 9.90 Å². The number of aryl methyl sites for hydroxylation is 1. The topological polar surface area (TPSA) is 80.5 Å². The van der Waals surface area contributed by atoms with E-state index < -0.39 is 0 Å². The quantitative estimate of drug-likeness (QED) is 0.389. The Hall–Kier alpha value is -3.29. The lowest BCUT2D eigenvalue weighted by Crippen LogP contribution is -2.35. The van der Waals surface area contributed by atoms with Crippen LogP contribution in [0.3, 0.4) is 0 Å². The number of aromatic nitrogens is 3. The number of carbonyl (C=O) groups excluding carboxylic acids is 1. The summed E-state index contributed by atoms with van der Waals surface area (Å²) >= 11 is 0. The zero-order valence-electron chi connectivity index (χ0n) is 21.2. The summed E-state index contributed by atoms with van der Waals surface area (Å²) in [5, 5.41) is 18.4. The van der Waals surface area contributed by atoms with Gasteiger partial charge in [-0.1, -0.05) is 66.8 Å². The van der Waals surface area contributed by atoms with Gasteiger partial charge in [0.2, 0.25) is 5.91 Å². The number of anilines is 1. The molecule has 0 aliphatic carbocycles. The highest BCUT2D eigenvalue weighted by Crippen LogP contribution is 2.29. The Labute approximate surface area is 213 Å². The van der Waals surface area contributed by atoms with Gasteiger partial charge in [0.05, 0.1) is 24.3 Å². The van der Waals surface area contributed by atoms with Crippen molar-refractivity contribution in [3.05, 3.63) is 89.8 Å². The average molecular weight is 489 g/mol. The summed E-state index contributed by atoms with van der Waals surface area (Å²) in [4.78, 5) is 14.1. The zero-order chi connectivity index (χ0) is 25.3. The number of ether oxygens (including phenoxy) is 1. The minimum absolute atomic E-state index is 0.00610. The second-order valence-electron chi connectivity index (χ2n) is 9.38. The molecule has 2 heterocycles. The summed E-state index contributed by atoms with van der Waals surface area (Å²) in [7, 11) is 1.73. The highest BCUT2D eigenvalue weighted by molar-refractivity contribution is 5.93. The molecular weight excluding hydrogens is 452 g/mol. The number of methoxy groups -OCH3 is 1. The first-order valence-corrected chi connectivity index (χ1v) is 12.8. The first kappa shape index (κ1) is 25.8. The van der Waals surface area contributed by atoms with Gasteiger partial charge < -0.3 is 14.7 Å². The van der Waals surface area contributed by atoms with E-state index in [2.05, 4.69) is 41.5 Å². The first-order chi connectivity index (χ1) is 17.6. The third-order valence-electron chi connectivity index (χ3n) is 6.85. The van der Waals surface area contributed by atoms with Crippen molar-refractivity contribution in [3.63, 3.8) is 0 Å². The predicted octanol–water partition coefficient (Wildman–Crippen LogP) is 4.89. The average Bonchev–Trinajstić information content (AvgIpc) is 3.37. The van der Waals surface area contributed by atoms with E-state index in [1.807, 2.05) is 58.2 Å². The molecule has 2 aromatic carbocycles. The van der Waals surface area contributed by atoms with Gasteiger partial charge in [0.1, 0.15) is 0 Å². The normalized spacial score (nSPS) is 16.9. The SMILES string of the molecule is CO[C@H](c1ccc(N2CCCCC2=O)cc1)[C@H](C)/C=C/CCn1cc(C(CO)c2ccccc2)nn1. The van der Waals surface area contributed by atoms with E-state index >= 15 is 0 Å². The van der Waals surface area contributed by atoms with Crippen LogP contribution in [-0.4, -0.2) is 46.3 Å². The van der Waals surface area contributed by atoms with E-state index in [0.717, 1.165) is 48.3 Å². The van der Waals surface area contributed by atoms with Crippen molar-refractivity contribution in [1.82, 2.24) is 15.0 Å². The molecule has 1 N–H and O–H groups in total. The van der Waals surface area contributed by atoms with Crippen molar-refractivity contribution in [2.45, 2.75) is 51.2 Å². The van der Waals surface area contributed by atoms with Gasteiger partial charge in [0.25, 0.3) is 0 Å². The molecule has 1 aliphatic heterocycles. The lowest BCUT2D eigenvalue weighted by Gasteiger charge is -2.27. The molecule has 7 heteroatoms. The number of allylic oxidation sites excluding steroid dienone is 1. The number of nitrogens with zero attached hydrogens (tertiary/aromatic N) is 4. The molecule has 3 aromatic rings. The number of carbonyl (C=O) groups is 1. The number of hydrogen-bond acceptors (Lipinski definition) is 5. The third kappa shape index (κ3) is 6.28.